The van der Waals surface area contributed by atoms with Gasteiger partial charge < -0.3 is 14.4 Å². The van der Waals surface area contributed by atoms with Gasteiger partial charge in [0.25, 0.3) is 0 Å². The zero-order valence-corrected chi connectivity index (χ0v) is 18.4. The molecule has 2 heterocycles. The van der Waals surface area contributed by atoms with Crippen molar-refractivity contribution in [2.24, 2.45) is 5.92 Å². The number of amides is 1. The van der Waals surface area contributed by atoms with Gasteiger partial charge in [0.05, 0.1) is 18.8 Å². The van der Waals surface area contributed by atoms with Crippen molar-refractivity contribution in [3.63, 3.8) is 0 Å². The van der Waals surface area contributed by atoms with Crippen molar-refractivity contribution < 1.29 is 14.3 Å². The lowest BCUT2D eigenvalue weighted by molar-refractivity contribution is -0.163. The molecule has 3 atom stereocenters. The zero-order valence-electron chi connectivity index (χ0n) is 18.4. The molecule has 3 aromatic rings. The number of hydrogen-bond donors (Lipinski definition) is 0. The molecule has 0 spiro atoms. The lowest BCUT2D eigenvalue weighted by atomic mass is 9.77. The number of benzene rings is 3. The minimum absolute atomic E-state index is 0.0960. The third-order valence-electron chi connectivity index (χ3n) is 6.63. The van der Waals surface area contributed by atoms with Gasteiger partial charge in [-0.25, -0.2) is 0 Å². The SMILES string of the molecule is Cc1ccc(Oc2ccc(CO[C@@H]3C[C@@H]4CC[C@H]3N(Cc3ccccc3)C4=O)cc2)cc1. The molecule has 4 heteroatoms. The smallest absolute Gasteiger partial charge is 0.226 e. The largest absolute Gasteiger partial charge is 0.457 e. The fourth-order valence-corrected chi connectivity index (χ4v) is 4.85. The molecular formula is C28H29NO3. The number of ether oxygens (including phenoxy) is 2. The average molecular weight is 428 g/mol. The Morgan fingerprint density at radius 1 is 0.844 bits per heavy atom. The maximum atomic E-state index is 12.9. The zero-order chi connectivity index (χ0) is 21.9. The number of rotatable bonds is 7. The van der Waals surface area contributed by atoms with Gasteiger partial charge in [0.1, 0.15) is 11.5 Å². The minimum Gasteiger partial charge on any atom is -0.457 e. The molecule has 1 aliphatic carbocycles. The number of fused-ring (bicyclic) bond motifs is 3. The van der Waals surface area contributed by atoms with Crippen LogP contribution in [0.1, 0.15) is 36.0 Å². The lowest BCUT2D eigenvalue weighted by Crippen LogP contribution is -2.59. The number of carbonyl (C=O) groups excluding carboxylic acids is 1. The van der Waals surface area contributed by atoms with Gasteiger partial charge in [-0.1, -0.05) is 60.2 Å². The molecule has 2 aliphatic heterocycles. The maximum Gasteiger partial charge on any atom is 0.226 e. The first-order valence-corrected chi connectivity index (χ1v) is 11.5. The predicted molar refractivity (Wildman–Crippen MR) is 124 cm³/mol. The summed E-state index contributed by atoms with van der Waals surface area (Å²) in [6.45, 7) is 3.28. The fourth-order valence-electron chi connectivity index (χ4n) is 4.85. The average Bonchev–Trinajstić information content (AvgIpc) is 2.83. The summed E-state index contributed by atoms with van der Waals surface area (Å²) in [5, 5.41) is 0. The van der Waals surface area contributed by atoms with E-state index < -0.39 is 0 Å². The number of aryl methyl sites for hydroxylation is 1. The van der Waals surface area contributed by atoms with E-state index in [1.165, 1.54) is 11.1 Å². The molecule has 2 bridgehead atoms. The van der Waals surface area contributed by atoms with Crippen molar-refractivity contribution >= 4 is 5.91 Å². The molecular weight excluding hydrogens is 398 g/mol. The Morgan fingerprint density at radius 2 is 1.53 bits per heavy atom. The van der Waals surface area contributed by atoms with Crippen LogP contribution >= 0.6 is 0 Å². The van der Waals surface area contributed by atoms with Crippen molar-refractivity contribution in [2.75, 3.05) is 0 Å². The topological polar surface area (TPSA) is 38.8 Å². The maximum absolute atomic E-state index is 12.9. The van der Waals surface area contributed by atoms with Gasteiger partial charge >= 0.3 is 0 Å². The van der Waals surface area contributed by atoms with Crippen molar-refractivity contribution in [1.29, 1.82) is 0 Å². The summed E-state index contributed by atoms with van der Waals surface area (Å²) in [5.74, 6) is 2.04. The number of piperidine rings is 2. The fraction of sp³-hybridized carbons (Fsp3) is 0.321. The van der Waals surface area contributed by atoms with Crippen molar-refractivity contribution in [1.82, 2.24) is 4.90 Å². The van der Waals surface area contributed by atoms with Crippen molar-refractivity contribution in [3.05, 3.63) is 95.6 Å². The monoisotopic (exact) mass is 427 g/mol. The normalized spacial score (nSPS) is 22.2. The predicted octanol–water partition coefficient (Wildman–Crippen LogP) is 5.88. The van der Waals surface area contributed by atoms with Crippen LogP contribution in [0.2, 0.25) is 0 Å². The number of hydrogen-bond acceptors (Lipinski definition) is 3. The Kier molecular flexibility index (Phi) is 5.95. The summed E-state index contributed by atoms with van der Waals surface area (Å²) in [4.78, 5) is 14.9. The van der Waals surface area contributed by atoms with Crippen LogP contribution in [0, 0.1) is 12.8 Å². The third kappa shape index (κ3) is 4.56. The molecule has 0 aromatic heterocycles. The van der Waals surface area contributed by atoms with Gasteiger partial charge in [0, 0.05) is 12.5 Å². The second-order valence-electron chi connectivity index (χ2n) is 8.94. The Hall–Kier alpha value is -3.11. The van der Waals surface area contributed by atoms with E-state index in [1.807, 2.05) is 54.6 Å². The van der Waals surface area contributed by atoms with Gasteiger partial charge in [0.2, 0.25) is 5.91 Å². The van der Waals surface area contributed by atoms with E-state index in [9.17, 15) is 4.79 Å². The molecule has 4 nitrogen and oxygen atoms in total. The summed E-state index contributed by atoms with van der Waals surface area (Å²) in [7, 11) is 0. The molecule has 3 fully saturated rings. The van der Waals surface area contributed by atoms with E-state index in [1.54, 1.807) is 0 Å². The highest BCUT2D eigenvalue weighted by molar-refractivity contribution is 5.81. The summed E-state index contributed by atoms with van der Waals surface area (Å²) >= 11 is 0. The minimum atomic E-state index is 0.0960. The molecule has 0 unspecified atom stereocenters. The summed E-state index contributed by atoms with van der Waals surface area (Å²) in [6, 6.07) is 26.5. The first-order valence-electron chi connectivity index (χ1n) is 11.5. The van der Waals surface area contributed by atoms with Crippen LogP contribution in [0.25, 0.3) is 0 Å². The van der Waals surface area contributed by atoms with Gasteiger partial charge in [0.15, 0.2) is 0 Å². The van der Waals surface area contributed by atoms with Crippen LogP contribution in [0.4, 0.5) is 0 Å². The van der Waals surface area contributed by atoms with E-state index in [0.29, 0.717) is 19.1 Å². The molecule has 0 N–H and O–H groups in total. The van der Waals surface area contributed by atoms with Gasteiger partial charge in [-0.15, -0.1) is 0 Å². The highest BCUT2D eigenvalue weighted by Crippen LogP contribution is 2.39. The third-order valence-corrected chi connectivity index (χ3v) is 6.63. The van der Waals surface area contributed by atoms with E-state index in [2.05, 4.69) is 36.1 Å². The second-order valence-corrected chi connectivity index (χ2v) is 8.94. The molecule has 164 valence electrons. The molecule has 3 aromatic carbocycles. The Morgan fingerprint density at radius 3 is 2.25 bits per heavy atom. The van der Waals surface area contributed by atoms with Crippen molar-refractivity contribution in [3.8, 4) is 11.5 Å². The number of carbonyl (C=O) groups is 1. The molecule has 2 saturated heterocycles. The van der Waals surface area contributed by atoms with E-state index >= 15 is 0 Å². The molecule has 6 rings (SSSR count). The van der Waals surface area contributed by atoms with E-state index in [0.717, 1.165) is 36.3 Å². The van der Waals surface area contributed by atoms with Gasteiger partial charge in [-0.2, -0.15) is 0 Å². The van der Waals surface area contributed by atoms with Crippen molar-refractivity contribution in [2.45, 2.75) is 51.5 Å². The van der Waals surface area contributed by atoms with E-state index in [-0.39, 0.29) is 18.1 Å². The quantitative estimate of drug-likeness (QED) is 0.472. The molecule has 3 aliphatic rings. The Labute approximate surface area is 189 Å². The molecule has 1 saturated carbocycles. The number of nitrogens with zero attached hydrogens (tertiary/aromatic N) is 1. The van der Waals surface area contributed by atoms with Crippen LogP contribution in [0.5, 0.6) is 11.5 Å². The van der Waals surface area contributed by atoms with Gasteiger partial charge in [-0.05, 0) is 61.6 Å². The summed E-state index contributed by atoms with van der Waals surface area (Å²) < 4.78 is 12.3. The highest BCUT2D eigenvalue weighted by Gasteiger charge is 2.46. The molecule has 32 heavy (non-hydrogen) atoms. The second kappa shape index (κ2) is 9.17. The molecule has 0 radical (unpaired) electrons. The van der Waals surface area contributed by atoms with Crippen LogP contribution in [0.15, 0.2) is 78.9 Å². The standard InChI is InChI=1S/C28H29NO3/c1-20-7-12-24(13-8-20)32-25-14-9-22(10-15-25)19-31-27-17-23-11-16-26(27)29(28(23)30)18-21-5-3-2-4-6-21/h2-10,12-15,23,26-27H,11,16-19H2,1H3/t23-,26+,27+/m0/s1. The van der Waals surface area contributed by atoms with E-state index in [4.69, 9.17) is 9.47 Å². The first-order chi connectivity index (χ1) is 15.7. The first kappa shape index (κ1) is 20.8. The van der Waals surface area contributed by atoms with Crippen LogP contribution < -0.4 is 4.74 Å². The summed E-state index contributed by atoms with van der Waals surface area (Å²) in [6.07, 6.45) is 2.94. The molecule has 1 amide bonds. The summed E-state index contributed by atoms with van der Waals surface area (Å²) in [5.41, 5.74) is 3.50. The lowest BCUT2D eigenvalue weighted by Gasteiger charge is -2.49. The van der Waals surface area contributed by atoms with Crippen LogP contribution in [-0.4, -0.2) is 23.0 Å². The van der Waals surface area contributed by atoms with Gasteiger partial charge in [-0.3, -0.25) is 4.79 Å². The van der Waals surface area contributed by atoms with Crippen LogP contribution in [0.3, 0.4) is 0 Å². The highest BCUT2D eigenvalue weighted by atomic mass is 16.5. The Bertz CT molecular complexity index is 1050. The van der Waals surface area contributed by atoms with Crippen LogP contribution in [-0.2, 0) is 22.7 Å². The Balaban J connectivity index is 1.20.